The molecular formula is C25H39FN4O3. The van der Waals surface area contributed by atoms with E-state index < -0.39 is 11.4 Å². The first-order valence-electron chi connectivity index (χ1n) is 12.2. The number of amides is 1. The predicted molar refractivity (Wildman–Crippen MR) is 127 cm³/mol. The number of aromatic nitrogens is 1. The van der Waals surface area contributed by atoms with Crippen molar-refractivity contribution in [3.63, 3.8) is 0 Å². The first-order valence-corrected chi connectivity index (χ1v) is 12.2. The number of carbonyl (C=O) groups is 2. The third kappa shape index (κ3) is 8.25. The van der Waals surface area contributed by atoms with Crippen LogP contribution in [0.15, 0.2) is 12.3 Å². The van der Waals surface area contributed by atoms with Crippen molar-refractivity contribution in [2.24, 2.45) is 5.92 Å². The van der Waals surface area contributed by atoms with Crippen LogP contribution in [0.3, 0.4) is 0 Å². The molecule has 2 fully saturated rings. The van der Waals surface area contributed by atoms with Crippen molar-refractivity contribution in [1.82, 2.24) is 15.2 Å². The smallest absolute Gasteiger partial charge is 0.407 e. The molecule has 184 valence electrons. The molecule has 33 heavy (non-hydrogen) atoms. The second-order valence-corrected chi connectivity index (χ2v) is 10.6. The number of halogens is 1. The fourth-order valence-corrected chi connectivity index (χ4v) is 4.65. The number of piperidine rings is 1. The van der Waals surface area contributed by atoms with Crippen molar-refractivity contribution >= 4 is 17.7 Å². The van der Waals surface area contributed by atoms with Gasteiger partial charge in [-0.3, -0.25) is 4.79 Å². The molecule has 2 aliphatic rings. The molecule has 0 radical (unpaired) electrons. The van der Waals surface area contributed by atoms with Crippen LogP contribution in [0.2, 0.25) is 0 Å². The maximum atomic E-state index is 13.9. The lowest BCUT2D eigenvalue weighted by Crippen LogP contribution is -2.40. The molecule has 0 unspecified atom stereocenters. The molecular weight excluding hydrogens is 423 g/mol. The predicted octanol–water partition coefficient (Wildman–Crippen LogP) is 4.77. The van der Waals surface area contributed by atoms with Crippen molar-refractivity contribution in [1.29, 1.82) is 0 Å². The third-order valence-electron chi connectivity index (χ3n) is 6.56. The third-order valence-corrected chi connectivity index (χ3v) is 6.56. The molecule has 3 rings (SSSR count). The average Bonchev–Trinajstić information content (AvgIpc) is 2.74. The van der Waals surface area contributed by atoms with Gasteiger partial charge in [-0.05, 0) is 97.8 Å². The molecule has 7 nitrogen and oxygen atoms in total. The van der Waals surface area contributed by atoms with E-state index in [-0.39, 0.29) is 24.0 Å². The van der Waals surface area contributed by atoms with Crippen molar-refractivity contribution in [3.05, 3.63) is 23.6 Å². The van der Waals surface area contributed by atoms with Gasteiger partial charge < -0.3 is 20.3 Å². The fraction of sp³-hybridized carbons (Fsp3) is 0.720. The van der Waals surface area contributed by atoms with Gasteiger partial charge >= 0.3 is 6.09 Å². The summed E-state index contributed by atoms with van der Waals surface area (Å²) in [7, 11) is 2.10. The first kappa shape index (κ1) is 25.4. The Balaban J connectivity index is 1.47. The molecule has 1 amide bonds. The number of likely N-dealkylation sites (tertiary alicyclic amines) is 1. The van der Waals surface area contributed by atoms with E-state index in [9.17, 15) is 14.0 Å². The molecule has 1 saturated carbocycles. The van der Waals surface area contributed by atoms with E-state index in [2.05, 4.69) is 27.6 Å². The van der Waals surface area contributed by atoms with E-state index in [0.29, 0.717) is 23.7 Å². The van der Waals surface area contributed by atoms with Gasteiger partial charge in [0.2, 0.25) is 0 Å². The van der Waals surface area contributed by atoms with Crippen LogP contribution >= 0.6 is 0 Å². The summed E-state index contributed by atoms with van der Waals surface area (Å²) in [6.07, 6.45) is 7.56. The number of pyridine rings is 1. The molecule has 1 saturated heterocycles. The lowest BCUT2D eigenvalue weighted by molar-refractivity contribution is 0.0487. The Morgan fingerprint density at radius 3 is 2.42 bits per heavy atom. The molecule has 0 spiro atoms. The summed E-state index contributed by atoms with van der Waals surface area (Å²) in [5, 5.41) is 6.33. The van der Waals surface area contributed by atoms with Gasteiger partial charge in [0.25, 0.3) is 0 Å². The number of nitrogens with one attached hydrogen (secondary N) is 2. The number of alkyl carbamates (subject to hydrolysis) is 1. The number of hydrogen-bond donors (Lipinski definition) is 2. The van der Waals surface area contributed by atoms with Gasteiger partial charge in [-0.2, -0.15) is 0 Å². The number of nitrogens with zero attached hydrogens (tertiary/aromatic N) is 2. The molecule has 0 bridgehead atoms. The van der Waals surface area contributed by atoms with E-state index in [4.69, 9.17) is 4.74 Å². The minimum Gasteiger partial charge on any atom is -0.444 e. The first-order chi connectivity index (χ1) is 15.6. The minimum atomic E-state index is -0.505. The van der Waals surface area contributed by atoms with Gasteiger partial charge in [0.15, 0.2) is 5.78 Å². The number of hydrogen-bond acceptors (Lipinski definition) is 6. The Morgan fingerprint density at radius 2 is 1.79 bits per heavy atom. The SMILES string of the molecule is CN1CCC(Nc2ncc(F)cc2C(=O)CCC2CCC(NC(=O)OC(C)(C)C)CC2)CC1. The molecule has 2 heterocycles. The number of Topliss-reactive ketones (excluding diaryl/α,β-unsaturated/α-hetero) is 1. The molecule has 0 aromatic carbocycles. The van der Waals surface area contributed by atoms with Crippen LogP contribution in [-0.2, 0) is 4.74 Å². The van der Waals surface area contributed by atoms with Crippen molar-refractivity contribution in [3.8, 4) is 0 Å². The number of ether oxygens (including phenoxy) is 1. The molecule has 1 aliphatic heterocycles. The summed E-state index contributed by atoms with van der Waals surface area (Å²) < 4.78 is 19.2. The van der Waals surface area contributed by atoms with Gasteiger partial charge in [0, 0.05) is 18.5 Å². The molecule has 1 aromatic rings. The van der Waals surface area contributed by atoms with E-state index in [1.165, 1.54) is 12.3 Å². The van der Waals surface area contributed by atoms with Gasteiger partial charge in [-0.25, -0.2) is 14.2 Å². The lowest BCUT2D eigenvalue weighted by Gasteiger charge is -2.30. The number of anilines is 1. The number of carbonyl (C=O) groups excluding carboxylic acids is 2. The second kappa shape index (κ2) is 11.3. The van der Waals surface area contributed by atoms with Crippen molar-refractivity contribution in [2.45, 2.75) is 89.8 Å². The monoisotopic (exact) mass is 462 g/mol. The summed E-state index contributed by atoms with van der Waals surface area (Å²) in [6.45, 7) is 7.54. The van der Waals surface area contributed by atoms with Crippen molar-refractivity contribution < 1.29 is 18.7 Å². The van der Waals surface area contributed by atoms with Gasteiger partial charge in [-0.15, -0.1) is 0 Å². The second-order valence-electron chi connectivity index (χ2n) is 10.6. The topological polar surface area (TPSA) is 83.6 Å². The largest absolute Gasteiger partial charge is 0.444 e. The van der Waals surface area contributed by atoms with Gasteiger partial charge in [0.1, 0.15) is 17.2 Å². The van der Waals surface area contributed by atoms with E-state index >= 15 is 0 Å². The van der Waals surface area contributed by atoms with Gasteiger partial charge in [-0.1, -0.05) is 0 Å². The summed E-state index contributed by atoms with van der Waals surface area (Å²) in [4.78, 5) is 31.4. The highest BCUT2D eigenvalue weighted by Crippen LogP contribution is 2.29. The molecule has 0 atom stereocenters. The van der Waals surface area contributed by atoms with Crippen LogP contribution in [0.4, 0.5) is 15.0 Å². The van der Waals surface area contributed by atoms with Crippen LogP contribution < -0.4 is 10.6 Å². The zero-order chi connectivity index (χ0) is 24.0. The summed E-state index contributed by atoms with van der Waals surface area (Å²) >= 11 is 0. The summed E-state index contributed by atoms with van der Waals surface area (Å²) in [6, 6.07) is 1.68. The zero-order valence-corrected chi connectivity index (χ0v) is 20.5. The zero-order valence-electron chi connectivity index (χ0n) is 20.5. The standard InChI is InChI=1S/C25H39FN4O3/c1-25(2,3)33-24(32)29-19-8-5-17(6-9-19)7-10-22(31)21-15-18(26)16-27-23(21)28-20-11-13-30(4)14-12-20/h15-17,19-20H,5-14H2,1-4H3,(H,27,28)(H,29,32). The summed E-state index contributed by atoms with van der Waals surface area (Å²) in [5.41, 5.74) is -0.150. The normalized spacial score (nSPS) is 22.6. The van der Waals surface area contributed by atoms with E-state index in [0.717, 1.165) is 58.0 Å². The maximum absolute atomic E-state index is 13.9. The average molecular weight is 463 g/mol. The van der Waals surface area contributed by atoms with E-state index in [1.54, 1.807) is 0 Å². The van der Waals surface area contributed by atoms with E-state index in [1.807, 2.05) is 20.8 Å². The van der Waals surface area contributed by atoms with Crippen LogP contribution in [0, 0.1) is 11.7 Å². The van der Waals surface area contributed by atoms with Crippen LogP contribution in [0.5, 0.6) is 0 Å². The fourth-order valence-electron chi connectivity index (χ4n) is 4.65. The highest BCUT2D eigenvalue weighted by atomic mass is 19.1. The molecule has 8 heteroatoms. The number of ketones is 1. The minimum absolute atomic E-state index is 0.0635. The summed E-state index contributed by atoms with van der Waals surface area (Å²) in [5.74, 6) is 0.381. The van der Waals surface area contributed by atoms with Crippen LogP contribution in [0.25, 0.3) is 0 Å². The molecule has 1 aliphatic carbocycles. The highest BCUT2D eigenvalue weighted by molar-refractivity contribution is 6.00. The Labute approximate surface area is 196 Å². The number of rotatable bonds is 7. The molecule has 2 N–H and O–H groups in total. The Bertz CT molecular complexity index is 810. The van der Waals surface area contributed by atoms with Crippen LogP contribution in [-0.4, -0.2) is 59.6 Å². The van der Waals surface area contributed by atoms with Crippen molar-refractivity contribution in [2.75, 3.05) is 25.5 Å². The highest BCUT2D eigenvalue weighted by Gasteiger charge is 2.26. The Hall–Kier alpha value is -2.22. The quantitative estimate of drug-likeness (QED) is 0.568. The Morgan fingerprint density at radius 1 is 1.12 bits per heavy atom. The Kier molecular flexibility index (Phi) is 8.68. The van der Waals surface area contributed by atoms with Gasteiger partial charge in [0.05, 0.1) is 11.8 Å². The maximum Gasteiger partial charge on any atom is 0.407 e. The lowest BCUT2D eigenvalue weighted by atomic mass is 9.82. The van der Waals surface area contributed by atoms with Crippen LogP contribution in [0.1, 0.15) is 82.5 Å². The molecule has 1 aromatic heterocycles.